The zero-order valence-corrected chi connectivity index (χ0v) is 7.38. The molecule has 0 unspecified atom stereocenters. The molecule has 0 aromatic rings. The van der Waals surface area contributed by atoms with Crippen LogP contribution in [0, 0.1) is 0 Å². The highest BCUT2D eigenvalue weighted by atomic mass is 16.5. The van der Waals surface area contributed by atoms with Gasteiger partial charge in [-0.25, -0.2) is 0 Å². The summed E-state index contributed by atoms with van der Waals surface area (Å²) >= 11 is 0. The monoisotopic (exact) mass is 172 g/mol. The first-order chi connectivity index (χ1) is 5.75. The molecule has 0 bridgehead atoms. The van der Waals surface area contributed by atoms with E-state index in [0.717, 1.165) is 19.4 Å². The lowest BCUT2D eigenvalue weighted by Crippen LogP contribution is -2.52. The number of esters is 1. The largest absolute Gasteiger partial charge is 0.468 e. The molecule has 1 saturated heterocycles. The Morgan fingerprint density at radius 3 is 2.92 bits per heavy atom. The molecule has 4 heteroatoms. The van der Waals surface area contributed by atoms with Crippen LogP contribution in [0.5, 0.6) is 0 Å². The molecule has 3 N–H and O–H groups in total. The second-order valence-electron chi connectivity index (χ2n) is 3.11. The van der Waals surface area contributed by atoms with Crippen LogP contribution in [0.25, 0.3) is 0 Å². The molecule has 0 saturated carbocycles. The minimum absolute atomic E-state index is 0.103. The van der Waals surface area contributed by atoms with Crippen LogP contribution >= 0.6 is 0 Å². The van der Waals surface area contributed by atoms with Crippen LogP contribution in [0.3, 0.4) is 0 Å². The number of hydrogen-bond acceptors (Lipinski definition) is 4. The maximum atomic E-state index is 11.0. The van der Waals surface area contributed by atoms with Crippen molar-refractivity contribution < 1.29 is 9.53 Å². The third kappa shape index (κ3) is 2.19. The van der Waals surface area contributed by atoms with Gasteiger partial charge in [0.2, 0.25) is 0 Å². The highest BCUT2D eigenvalue weighted by Crippen LogP contribution is 2.09. The molecule has 4 nitrogen and oxygen atoms in total. The van der Waals surface area contributed by atoms with E-state index in [9.17, 15) is 4.79 Å². The number of rotatable bonds is 2. The summed E-state index contributed by atoms with van der Waals surface area (Å²) in [5.41, 5.74) is 5.67. The molecular formula is C8H16N2O2. The third-order valence-electron chi connectivity index (χ3n) is 2.26. The third-order valence-corrected chi connectivity index (χ3v) is 2.26. The van der Waals surface area contributed by atoms with E-state index in [0.29, 0.717) is 0 Å². The fourth-order valence-corrected chi connectivity index (χ4v) is 1.49. The number of nitrogens with two attached hydrogens (primary N) is 1. The Labute approximate surface area is 72.5 Å². The van der Waals surface area contributed by atoms with Crippen molar-refractivity contribution in [2.75, 3.05) is 13.7 Å². The van der Waals surface area contributed by atoms with Gasteiger partial charge in [-0.05, 0) is 19.4 Å². The number of carbonyl (C=O) groups excluding carboxylic acids is 1. The lowest BCUT2D eigenvalue weighted by atomic mass is 9.99. The Kier molecular flexibility index (Phi) is 3.49. The van der Waals surface area contributed by atoms with Crippen LogP contribution < -0.4 is 11.1 Å². The summed E-state index contributed by atoms with van der Waals surface area (Å²) in [7, 11) is 1.37. The van der Waals surface area contributed by atoms with Crippen LogP contribution in [0.4, 0.5) is 0 Å². The number of hydrogen-bond donors (Lipinski definition) is 2. The summed E-state index contributed by atoms with van der Waals surface area (Å²) in [6.45, 7) is 0.954. The summed E-state index contributed by atoms with van der Waals surface area (Å²) in [5, 5.41) is 3.21. The number of piperidine rings is 1. The van der Waals surface area contributed by atoms with Gasteiger partial charge in [-0.3, -0.25) is 4.79 Å². The number of nitrogens with one attached hydrogen (secondary N) is 1. The molecule has 70 valence electrons. The van der Waals surface area contributed by atoms with Crippen molar-refractivity contribution in [1.82, 2.24) is 5.32 Å². The van der Waals surface area contributed by atoms with Crippen molar-refractivity contribution in [3.63, 3.8) is 0 Å². The molecular weight excluding hydrogens is 156 g/mol. The maximum absolute atomic E-state index is 11.0. The van der Waals surface area contributed by atoms with Gasteiger partial charge in [-0.2, -0.15) is 0 Å². The molecule has 2 atom stereocenters. The van der Waals surface area contributed by atoms with Crippen LogP contribution in [-0.2, 0) is 9.53 Å². The van der Waals surface area contributed by atoms with Gasteiger partial charge in [-0.1, -0.05) is 6.42 Å². The molecule has 1 heterocycles. The summed E-state index contributed by atoms with van der Waals surface area (Å²) in [4.78, 5) is 11.0. The number of carbonyl (C=O) groups is 1. The van der Waals surface area contributed by atoms with Gasteiger partial charge in [0, 0.05) is 6.04 Å². The Hall–Kier alpha value is -0.610. The van der Waals surface area contributed by atoms with E-state index in [1.54, 1.807) is 0 Å². The van der Waals surface area contributed by atoms with Crippen LogP contribution in [0.1, 0.15) is 19.3 Å². The van der Waals surface area contributed by atoms with Gasteiger partial charge in [0.15, 0.2) is 0 Å². The van der Waals surface area contributed by atoms with Gasteiger partial charge in [0.25, 0.3) is 0 Å². The molecule has 0 amide bonds. The van der Waals surface area contributed by atoms with E-state index in [2.05, 4.69) is 10.1 Å². The van der Waals surface area contributed by atoms with Gasteiger partial charge in [-0.15, -0.1) is 0 Å². The first-order valence-electron chi connectivity index (χ1n) is 4.32. The minimum atomic E-state index is -0.504. The maximum Gasteiger partial charge on any atom is 0.324 e. The fourth-order valence-electron chi connectivity index (χ4n) is 1.49. The first-order valence-corrected chi connectivity index (χ1v) is 4.32. The molecule has 0 radical (unpaired) electrons. The zero-order valence-electron chi connectivity index (χ0n) is 7.38. The molecule has 0 spiro atoms. The number of methoxy groups -OCH3 is 1. The average molecular weight is 172 g/mol. The van der Waals surface area contributed by atoms with E-state index in [4.69, 9.17) is 5.73 Å². The number of ether oxygens (including phenoxy) is 1. The van der Waals surface area contributed by atoms with Crippen LogP contribution in [0.2, 0.25) is 0 Å². The van der Waals surface area contributed by atoms with Gasteiger partial charge in [0.1, 0.15) is 6.04 Å². The quantitative estimate of drug-likeness (QED) is 0.558. The molecule has 12 heavy (non-hydrogen) atoms. The average Bonchev–Trinajstić information content (AvgIpc) is 2.17. The van der Waals surface area contributed by atoms with E-state index in [1.165, 1.54) is 13.5 Å². The molecule has 1 aliphatic heterocycles. The lowest BCUT2D eigenvalue weighted by Gasteiger charge is -2.26. The van der Waals surface area contributed by atoms with E-state index in [-0.39, 0.29) is 12.0 Å². The molecule has 0 aromatic carbocycles. The molecule has 1 fully saturated rings. The lowest BCUT2D eigenvalue weighted by molar-refractivity contribution is -0.143. The predicted octanol–water partition coefficient (Wildman–Crippen LogP) is -0.371. The Morgan fingerprint density at radius 2 is 2.42 bits per heavy atom. The summed E-state index contributed by atoms with van der Waals surface area (Å²) < 4.78 is 4.56. The first kappa shape index (κ1) is 9.48. The second-order valence-corrected chi connectivity index (χ2v) is 3.11. The van der Waals surface area contributed by atoms with E-state index >= 15 is 0 Å². The van der Waals surface area contributed by atoms with Crippen molar-refractivity contribution in [2.45, 2.75) is 31.3 Å². The highest BCUT2D eigenvalue weighted by Gasteiger charge is 2.26. The standard InChI is InChI=1S/C8H16N2O2/c1-12-8(11)7(9)6-4-2-3-5-10-6/h6-7,10H,2-5,9H2,1H3/t6-,7+/m1/s1. The smallest absolute Gasteiger partial charge is 0.324 e. The second kappa shape index (κ2) is 4.42. The van der Waals surface area contributed by atoms with Gasteiger partial charge in [0.05, 0.1) is 7.11 Å². The van der Waals surface area contributed by atoms with Crippen LogP contribution in [-0.4, -0.2) is 31.7 Å². The Balaban J connectivity index is 2.39. The summed E-state index contributed by atoms with van der Waals surface area (Å²) in [6, 6.07) is -0.401. The SMILES string of the molecule is COC(=O)[C@@H](N)[C@H]1CCCCN1. The van der Waals surface area contributed by atoms with Crippen molar-refractivity contribution >= 4 is 5.97 Å². The normalized spacial score (nSPS) is 26.3. The van der Waals surface area contributed by atoms with Crippen LogP contribution in [0.15, 0.2) is 0 Å². The van der Waals surface area contributed by atoms with Crippen molar-refractivity contribution in [2.24, 2.45) is 5.73 Å². The van der Waals surface area contributed by atoms with Gasteiger partial charge >= 0.3 is 5.97 Å². The Morgan fingerprint density at radius 1 is 1.67 bits per heavy atom. The minimum Gasteiger partial charge on any atom is -0.468 e. The summed E-state index contributed by atoms with van der Waals surface area (Å²) in [6.07, 6.45) is 3.28. The van der Waals surface area contributed by atoms with Gasteiger partial charge < -0.3 is 15.8 Å². The summed E-state index contributed by atoms with van der Waals surface area (Å²) in [5.74, 6) is -0.325. The van der Waals surface area contributed by atoms with Crippen molar-refractivity contribution in [1.29, 1.82) is 0 Å². The fraction of sp³-hybridized carbons (Fsp3) is 0.875. The highest BCUT2D eigenvalue weighted by molar-refractivity contribution is 5.76. The molecule has 1 rings (SSSR count). The topological polar surface area (TPSA) is 64.3 Å². The van der Waals surface area contributed by atoms with Crippen molar-refractivity contribution in [3.05, 3.63) is 0 Å². The molecule has 1 aliphatic rings. The van der Waals surface area contributed by atoms with E-state index in [1.807, 2.05) is 0 Å². The van der Waals surface area contributed by atoms with Crippen molar-refractivity contribution in [3.8, 4) is 0 Å². The molecule has 0 aromatic heterocycles. The zero-order chi connectivity index (χ0) is 8.97. The predicted molar refractivity (Wildman–Crippen MR) is 45.6 cm³/mol. The van der Waals surface area contributed by atoms with E-state index < -0.39 is 6.04 Å². The molecule has 0 aliphatic carbocycles. The Bertz CT molecular complexity index is 155.